The summed E-state index contributed by atoms with van der Waals surface area (Å²) in [5, 5.41) is 2.21. The molecule has 8 heteroatoms. The van der Waals surface area contributed by atoms with E-state index in [9.17, 15) is 14.4 Å². The van der Waals surface area contributed by atoms with E-state index >= 15 is 0 Å². The third-order valence-corrected chi connectivity index (χ3v) is 4.77. The number of benzene rings is 2. The lowest BCUT2D eigenvalue weighted by Crippen LogP contribution is -2.54. The van der Waals surface area contributed by atoms with Crippen molar-refractivity contribution >= 4 is 29.6 Å². The molecule has 0 bridgehead atoms. The third-order valence-electron chi connectivity index (χ3n) is 4.77. The van der Waals surface area contributed by atoms with Gasteiger partial charge in [0.25, 0.3) is 11.8 Å². The van der Waals surface area contributed by atoms with Gasteiger partial charge in [0, 0.05) is 5.56 Å². The van der Waals surface area contributed by atoms with E-state index in [0.717, 1.165) is 10.5 Å². The highest BCUT2D eigenvalue weighted by atomic mass is 16.5. The Bertz CT molecular complexity index is 1090. The van der Waals surface area contributed by atoms with Crippen molar-refractivity contribution in [1.29, 1.82) is 0 Å². The summed E-state index contributed by atoms with van der Waals surface area (Å²) in [7, 11) is 3.02. The number of rotatable bonds is 8. The summed E-state index contributed by atoms with van der Waals surface area (Å²) >= 11 is 0. The van der Waals surface area contributed by atoms with Crippen molar-refractivity contribution in [3.05, 3.63) is 65.8 Å². The van der Waals surface area contributed by atoms with Crippen molar-refractivity contribution in [3.63, 3.8) is 0 Å². The van der Waals surface area contributed by atoms with Crippen LogP contribution in [-0.2, 0) is 16.0 Å². The number of nitrogens with one attached hydrogen (secondary N) is 1. The second-order valence-corrected chi connectivity index (χ2v) is 6.79. The predicted molar refractivity (Wildman–Crippen MR) is 120 cm³/mol. The first kappa shape index (κ1) is 22.6. The van der Waals surface area contributed by atoms with Crippen LogP contribution >= 0.6 is 0 Å². The Kier molecular flexibility index (Phi) is 6.94. The zero-order valence-electron chi connectivity index (χ0n) is 18.1. The fourth-order valence-electron chi connectivity index (χ4n) is 3.32. The van der Waals surface area contributed by atoms with E-state index in [4.69, 9.17) is 14.2 Å². The molecule has 0 aromatic heterocycles. The van der Waals surface area contributed by atoms with Gasteiger partial charge in [-0.15, -0.1) is 6.58 Å². The van der Waals surface area contributed by atoms with Crippen LogP contribution in [0.5, 0.6) is 17.2 Å². The highest BCUT2D eigenvalue weighted by Gasteiger charge is 2.36. The molecular weight excluding hydrogens is 412 g/mol. The number of amides is 4. The van der Waals surface area contributed by atoms with Crippen molar-refractivity contribution in [3.8, 4) is 17.2 Å². The number of nitrogens with zero attached hydrogens (tertiary/aromatic N) is 1. The maximum atomic E-state index is 13.1. The Balaban J connectivity index is 2.04. The molecule has 1 fully saturated rings. The van der Waals surface area contributed by atoms with Gasteiger partial charge in [0.15, 0.2) is 11.5 Å². The molecular formula is C24H24N2O6. The van der Waals surface area contributed by atoms with Crippen molar-refractivity contribution in [1.82, 2.24) is 5.32 Å². The maximum Gasteiger partial charge on any atom is 0.335 e. The number of allylic oxidation sites excluding steroid dienone is 1. The Morgan fingerprint density at radius 3 is 2.38 bits per heavy atom. The van der Waals surface area contributed by atoms with E-state index in [-0.39, 0.29) is 5.57 Å². The highest BCUT2D eigenvalue weighted by Crippen LogP contribution is 2.35. The normalized spacial score (nSPS) is 14.9. The first-order valence-corrected chi connectivity index (χ1v) is 9.93. The molecule has 1 heterocycles. The Labute approximate surface area is 186 Å². The smallest absolute Gasteiger partial charge is 0.335 e. The number of urea groups is 1. The minimum atomic E-state index is -0.820. The van der Waals surface area contributed by atoms with Crippen LogP contribution in [0.2, 0.25) is 0 Å². The van der Waals surface area contributed by atoms with Crippen molar-refractivity contribution < 1.29 is 28.6 Å². The second-order valence-electron chi connectivity index (χ2n) is 6.79. The van der Waals surface area contributed by atoms with Crippen LogP contribution in [0.15, 0.2) is 54.6 Å². The number of imide groups is 2. The number of anilines is 1. The lowest BCUT2D eigenvalue weighted by Gasteiger charge is -2.26. The molecule has 0 saturated carbocycles. The molecule has 4 amide bonds. The summed E-state index contributed by atoms with van der Waals surface area (Å²) in [6, 6.07) is 9.00. The fraction of sp³-hybridized carbons (Fsp3) is 0.208. The minimum absolute atomic E-state index is 0.184. The number of methoxy groups -OCH3 is 2. The van der Waals surface area contributed by atoms with Crippen LogP contribution < -0.4 is 24.4 Å². The van der Waals surface area contributed by atoms with Crippen molar-refractivity contribution in [2.24, 2.45) is 0 Å². The quantitative estimate of drug-likeness (QED) is 0.387. The van der Waals surface area contributed by atoms with Gasteiger partial charge >= 0.3 is 6.03 Å². The topological polar surface area (TPSA) is 94.2 Å². The molecule has 0 unspecified atom stereocenters. The molecule has 32 heavy (non-hydrogen) atoms. The molecule has 166 valence electrons. The summed E-state index contributed by atoms with van der Waals surface area (Å²) < 4.78 is 16.3. The number of barbiturate groups is 1. The fourth-order valence-corrected chi connectivity index (χ4v) is 3.32. The number of ether oxygens (including phenoxy) is 3. The van der Waals surface area contributed by atoms with Gasteiger partial charge in [0.05, 0.1) is 26.5 Å². The second kappa shape index (κ2) is 9.82. The molecule has 0 spiro atoms. The largest absolute Gasteiger partial charge is 0.497 e. The summed E-state index contributed by atoms with van der Waals surface area (Å²) in [6.07, 6.45) is 3.64. The molecule has 3 rings (SSSR count). The first-order valence-electron chi connectivity index (χ1n) is 9.93. The monoisotopic (exact) mass is 436 g/mol. The van der Waals surface area contributed by atoms with Crippen molar-refractivity contribution in [2.45, 2.75) is 13.3 Å². The predicted octanol–water partition coefficient (Wildman–Crippen LogP) is 3.50. The van der Waals surface area contributed by atoms with Gasteiger partial charge in [-0.25, -0.2) is 9.69 Å². The van der Waals surface area contributed by atoms with E-state index in [1.807, 2.05) is 6.92 Å². The van der Waals surface area contributed by atoms with Gasteiger partial charge in [-0.3, -0.25) is 14.9 Å². The standard InChI is InChI=1S/C24H24N2O6/c1-5-7-16-12-15(14-20(31-4)21(16)32-6-2)13-19-22(27)25-24(29)26(23(19)28)17-8-10-18(30-3)11-9-17/h5,8-14H,1,6-7H2,2-4H3,(H,25,27,29)/b19-13+. The van der Waals surface area contributed by atoms with E-state index < -0.39 is 17.8 Å². The van der Waals surface area contributed by atoms with Crippen LogP contribution in [-0.4, -0.2) is 38.7 Å². The zero-order chi connectivity index (χ0) is 23.3. The van der Waals surface area contributed by atoms with Gasteiger partial charge in [-0.1, -0.05) is 6.08 Å². The Morgan fingerprint density at radius 1 is 1.06 bits per heavy atom. The number of carbonyl (C=O) groups is 3. The SMILES string of the molecule is C=CCc1cc(/C=C2\C(=O)NC(=O)N(c3ccc(OC)cc3)C2=O)cc(OC)c1OCC. The Morgan fingerprint density at radius 2 is 1.78 bits per heavy atom. The summed E-state index contributed by atoms with van der Waals surface area (Å²) in [5.41, 5.74) is 1.46. The van der Waals surface area contributed by atoms with Crippen LogP contribution in [0.1, 0.15) is 18.1 Å². The third kappa shape index (κ3) is 4.49. The van der Waals surface area contributed by atoms with Gasteiger partial charge in [0.2, 0.25) is 0 Å². The molecule has 1 N–H and O–H groups in total. The molecule has 1 saturated heterocycles. The number of carbonyl (C=O) groups excluding carboxylic acids is 3. The molecule has 0 radical (unpaired) electrons. The van der Waals surface area contributed by atoms with Crippen LogP contribution in [0, 0.1) is 0 Å². The molecule has 2 aromatic carbocycles. The van der Waals surface area contributed by atoms with E-state index in [2.05, 4.69) is 11.9 Å². The average Bonchev–Trinajstić information content (AvgIpc) is 2.78. The zero-order valence-corrected chi connectivity index (χ0v) is 18.1. The summed E-state index contributed by atoms with van der Waals surface area (Å²) in [6.45, 7) is 6.07. The number of hydrogen-bond donors (Lipinski definition) is 1. The average molecular weight is 436 g/mol. The van der Waals surface area contributed by atoms with Crippen LogP contribution in [0.25, 0.3) is 6.08 Å². The molecule has 0 aliphatic carbocycles. The van der Waals surface area contributed by atoms with Gasteiger partial charge in [-0.05, 0) is 61.4 Å². The molecule has 0 atom stereocenters. The highest BCUT2D eigenvalue weighted by molar-refractivity contribution is 6.39. The van der Waals surface area contributed by atoms with E-state index in [0.29, 0.717) is 41.5 Å². The minimum Gasteiger partial charge on any atom is -0.497 e. The molecule has 1 aliphatic heterocycles. The molecule has 1 aliphatic rings. The van der Waals surface area contributed by atoms with E-state index in [1.165, 1.54) is 20.3 Å². The van der Waals surface area contributed by atoms with Gasteiger partial charge in [-0.2, -0.15) is 0 Å². The molecule has 2 aromatic rings. The molecule has 8 nitrogen and oxygen atoms in total. The van der Waals surface area contributed by atoms with E-state index in [1.54, 1.807) is 42.5 Å². The van der Waals surface area contributed by atoms with Gasteiger partial charge < -0.3 is 14.2 Å². The van der Waals surface area contributed by atoms with Gasteiger partial charge in [0.1, 0.15) is 11.3 Å². The summed E-state index contributed by atoms with van der Waals surface area (Å²) in [4.78, 5) is 38.9. The van der Waals surface area contributed by atoms with Crippen LogP contribution in [0.4, 0.5) is 10.5 Å². The lowest BCUT2D eigenvalue weighted by atomic mass is 10.0. The van der Waals surface area contributed by atoms with Crippen LogP contribution in [0.3, 0.4) is 0 Å². The number of hydrogen-bond acceptors (Lipinski definition) is 6. The lowest BCUT2D eigenvalue weighted by molar-refractivity contribution is -0.122. The Hall–Kier alpha value is -4.07. The summed E-state index contributed by atoms with van der Waals surface area (Å²) in [5.74, 6) is 0.0999. The van der Waals surface area contributed by atoms with Crippen molar-refractivity contribution in [2.75, 3.05) is 25.7 Å². The first-order chi connectivity index (χ1) is 15.4. The maximum absolute atomic E-state index is 13.1.